The summed E-state index contributed by atoms with van der Waals surface area (Å²) in [5.41, 5.74) is 2.74. The van der Waals surface area contributed by atoms with Gasteiger partial charge in [-0.25, -0.2) is 4.52 Å². The molecule has 0 fully saturated rings. The Kier molecular flexibility index (Phi) is 3.19. The van der Waals surface area contributed by atoms with E-state index in [1.807, 2.05) is 53.4 Å². The first-order chi connectivity index (χ1) is 11.5. The van der Waals surface area contributed by atoms with Crippen LogP contribution >= 0.6 is 0 Å². The Bertz CT molecular complexity index is 948. The number of halogens is 3. The van der Waals surface area contributed by atoms with E-state index >= 15 is 0 Å². The Labute approximate surface area is 135 Å². The Morgan fingerprint density at radius 1 is 0.833 bits per heavy atom. The molecule has 2 aromatic heterocycles. The highest BCUT2D eigenvalue weighted by atomic mass is 19.4. The van der Waals surface area contributed by atoms with Crippen LogP contribution in [0.2, 0.25) is 0 Å². The lowest BCUT2D eigenvalue weighted by Crippen LogP contribution is -2.28. The zero-order chi connectivity index (χ0) is 16.7. The number of nitrogens with zero attached hydrogens (tertiary/aromatic N) is 3. The summed E-state index contributed by atoms with van der Waals surface area (Å²) < 4.78 is 41.4. The van der Waals surface area contributed by atoms with E-state index in [1.165, 1.54) is 12.1 Å². The zero-order valence-electron chi connectivity index (χ0n) is 12.4. The van der Waals surface area contributed by atoms with Crippen LogP contribution in [0.25, 0.3) is 22.4 Å². The molecule has 2 heterocycles. The van der Waals surface area contributed by atoms with Crippen molar-refractivity contribution in [2.75, 3.05) is 0 Å². The van der Waals surface area contributed by atoms with Gasteiger partial charge in [0.15, 0.2) is 6.20 Å². The molecule has 0 saturated heterocycles. The van der Waals surface area contributed by atoms with Crippen LogP contribution in [0.15, 0.2) is 73.2 Å². The average Bonchev–Trinajstić information content (AvgIpc) is 3.16. The van der Waals surface area contributed by atoms with Crippen molar-refractivity contribution in [3.63, 3.8) is 0 Å². The summed E-state index contributed by atoms with van der Waals surface area (Å²) in [4.78, 5) is 0. The van der Waals surface area contributed by atoms with Crippen LogP contribution in [0, 0.1) is 0 Å². The lowest BCUT2D eigenvalue weighted by atomic mass is 10.0. The second kappa shape index (κ2) is 5.26. The molecule has 0 atom stereocenters. The maximum Gasteiger partial charge on any atom is 0.416 e. The van der Waals surface area contributed by atoms with Crippen LogP contribution in [0.5, 0.6) is 0 Å². The molecule has 4 aromatic rings. The van der Waals surface area contributed by atoms with Crippen LogP contribution in [0.3, 0.4) is 0 Å². The second-order valence-corrected chi connectivity index (χ2v) is 5.46. The Balaban J connectivity index is 1.62. The van der Waals surface area contributed by atoms with Gasteiger partial charge in [-0.2, -0.15) is 18.3 Å². The van der Waals surface area contributed by atoms with Crippen molar-refractivity contribution < 1.29 is 17.8 Å². The largest absolute Gasteiger partial charge is 0.416 e. The summed E-state index contributed by atoms with van der Waals surface area (Å²) >= 11 is 0. The topological polar surface area (TPSA) is 22.6 Å². The van der Waals surface area contributed by atoms with Crippen molar-refractivity contribution in [1.29, 1.82) is 0 Å². The molecular weight excluding hydrogens is 315 g/mol. The molecule has 0 aliphatic heterocycles. The third-order valence-electron chi connectivity index (χ3n) is 3.89. The minimum Gasteiger partial charge on any atom is -0.232 e. The lowest BCUT2D eigenvalue weighted by molar-refractivity contribution is -0.676. The van der Waals surface area contributed by atoms with E-state index in [0.29, 0.717) is 0 Å². The molecule has 24 heavy (non-hydrogen) atoms. The van der Waals surface area contributed by atoms with E-state index < -0.39 is 11.7 Å². The van der Waals surface area contributed by atoms with Crippen LogP contribution < -0.4 is 9.73 Å². The van der Waals surface area contributed by atoms with E-state index in [1.54, 1.807) is 4.63 Å². The van der Waals surface area contributed by atoms with Crippen molar-refractivity contribution in [3.8, 4) is 22.4 Å². The average molecular weight is 327 g/mol. The van der Waals surface area contributed by atoms with Crippen molar-refractivity contribution >= 4 is 0 Å². The highest BCUT2D eigenvalue weighted by Gasteiger charge is 2.29. The first-order valence-electron chi connectivity index (χ1n) is 7.31. The van der Waals surface area contributed by atoms with E-state index in [0.717, 1.165) is 34.5 Å². The highest BCUT2D eigenvalue weighted by molar-refractivity contribution is 5.68. The number of hydrogen-bond donors (Lipinski definition) is 0. The zero-order valence-corrected chi connectivity index (χ0v) is 12.4. The van der Waals surface area contributed by atoms with Gasteiger partial charge >= 0.3 is 6.18 Å². The number of alkyl halides is 3. The molecule has 0 amide bonds. The van der Waals surface area contributed by atoms with E-state index in [2.05, 4.69) is 5.10 Å². The number of hydrogen-bond acceptors (Lipinski definition) is 0. The smallest absolute Gasteiger partial charge is 0.232 e. The number of aromatic nitrogens is 3. The summed E-state index contributed by atoms with van der Waals surface area (Å²) in [5.74, 6) is 0. The van der Waals surface area contributed by atoms with Crippen LogP contribution in [-0.2, 0) is 6.18 Å². The molecule has 4 rings (SSSR count). The van der Waals surface area contributed by atoms with Crippen LogP contribution in [-0.4, -0.2) is 4.52 Å². The Hall–Kier alpha value is -3.02. The maximum absolute atomic E-state index is 12.6. The number of benzene rings is 2. The first kappa shape index (κ1) is 14.6. The van der Waals surface area contributed by atoms with Crippen molar-refractivity contribution in [2.45, 2.75) is 6.18 Å². The Morgan fingerprint density at radius 3 is 2.00 bits per heavy atom. The molecule has 3 nitrogen and oxygen atoms in total. The summed E-state index contributed by atoms with van der Waals surface area (Å²) in [6, 6.07) is 14.6. The number of rotatable bonds is 2. The molecule has 0 unspecified atom stereocenters. The van der Waals surface area contributed by atoms with E-state index in [4.69, 9.17) is 0 Å². The fraction of sp³-hybridized carbons (Fsp3) is 0.0556. The summed E-state index contributed by atoms with van der Waals surface area (Å²) in [6.07, 6.45) is 1.34. The molecule has 0 saturated carbocycles. The third kappa shape index (κ3) is 2.56. The van der Waals surface area contributed by atoms with Gasteiger partial charge in [0.1, 0.15) is 0 Å². The summed E-state index contributed by atoms with van der Waals surface area (Å²) in [7, 11) is 0. The van der Waals surface area contributed by atoms with Crippen molar-refractivity contribution in [1.82, 2.24) is 9.61 Å². The molecule has 0 aliphatic rings. The van der Waals surface area contributed by atoms with E-state index in [-0.39, 0.29) is 0 Å². The van der Waals surface area contributed by atoms with Gasteiger partial charge in [0.2, 0.25) is 0 Å². The molecule has 0 radical (unpaired) electrons. The maximum atomic E-state index is 12.6. The minimum absolute atomic E-state index is 0.642. The summed E-state index contributed by atoms with van der Waals surface area (Å²) in [6.45, 7) is 0. The molecule has 0 bridgehead atoms. The predicted molar refractivity (Wildman–Crippen MR) is 82.2 cm³/mol. The van der Waals surface area contributed by atoms with Gasteiger partial charge in [-0.3, -0.25) is 0 Å². The molecule has 0 aliphatic carbocycles. The molecule has 0 N–H and O–H groups in total. The van der Waals surface area contributed by atoms with Gasteiger partial charge in [0.05, 0.1) is 5.56 Å². The first-order valence-corrected chi connectivity index (χ1v) is 7.31. The molecule has 120 valence electrons. The van der Waals surface area contributed by atoms with Gasteiger partial charge in [0, 0.05) is 11.8 Å². The van der Waals surface area contributed by atoms with Crippen molar-refractivity contribution in [3.05, 3.63) is 78.8 Å². The van der Waals surface area contributed by atoms with Crippen LogP contribution in [0.1, 0.15) is 5.56 Å². The van der Waals surface area contributed by atoms with Gasteiger partial charge in [0.25, 0.3) is 0 Å². The third-order valence-corrected chi connectivity index (χ3v) is 3.89. The summed E-state index contributed by atoms with van der Waals surface area (Å²) in [5, 5.41) is 4.44. The van der Waals surface area contributed by atoms with Gasteiger partial charge in [-0.05, 0) is 41.2 Å². The number of fused-ring (bicyclic) bond motifs is 1. The van der Waals surface area contributed by atoms with Gasteiger partial charge < -0.3 is 0 Å². The standard InChI is InChI=1S/C18H12F3N3/c19-18(20,21)16-8-6-14(7-9-16)13-2-4-15(5-3-13)17-12-23-10-1-11-24(23)22-17/h1-12H. The molecule has 2 aromatic carbocycles. The molecular formula is C18H12F3N3. The molecule has 6 heteroatoms. The van der Waals surface area contributed by atoms with Gasteiger partial charge in [-0.15, -0.1) is 4.63 Å². The van der Waals surface area contributed by atoms with Crippen LogP contribution in [0.4, 0.5) is 13.2 Å². The fourth-order valence-electron chi connectivity index (χ4n) is 2.61. The fourth-order valence-corrected chi connectivity index (χ4v) is 2.61. The van der Waals surface area contributed by atoms with Crippen molar-refractivity contribution in [2.24, 2.45) is 0 Å². The highest BCUT2D eigenvalue weighted by Crippen LogP contribution is 2.31. The molecule has 0 spiro atoms. The SMILES string of the molecule is FC(F)(F)c1ccc(-c2ccc(-c3cn4ccc[n+]4[n-]3)cc2)cc1. The quantitative estimate of drug-likeness (QED) is 0.513. The normalized spacial score (nSPS) is 12.0. The van der Waals surface area contributed by atoms with Gasteiger partial charge in [-0.1, -0.05) is 36.4 Å². The second-order valence-electron chi connectivity index (χ2n) is 5.46. The predicted octanol–water partition coefficient (Wildman–Crippen LogP) is 3.83. The Morgan fingerprint density at radius 2 is 1.42 bits per heavy atom. The van der Waals surface area contributed by atoms with E-state index in [9.17, 15) is 13.2 Å². The monoisotopic (exact) mass is 327 g/mol. The minimum atomic E-state index is -4.31. The lowest BCUT2D eigenvalue weighted by Gasteiger charge is -2.08.